The molecule has 1 atom stereocenters. The molecule has 0 radical (unpaired) electrons. The van der Waals surface area contributed by atoms with Gasteiger partial charge in [0.25, 0.3) is 0 Å². The van der Waals surface area contributed by atoms with Gasteiger partial charge in [-0.2, -0.15) is 9.59 Å². The van der Waals surface area contributed by atoms with Crippen molar-refractivity contribution in [2.24, 2.45) is 0 Å². The van der Waals surface area contributed by atoms with Gasteiger partial charge in [0.05, 0.1) is 20.1 Å². The van der Waals surface area contributed by atoms with Gasteiger partial charge in [0, 0.05) is 19.6 Å². The third-order valence-corrected chi connectivity index (χ3v) is 4.82. The van der Waals surface area contributed by atoms with E-state index in [0.717, 1.165) is 36.4 Å². The van der Waals surface area contributed by atoms with Gasteiger partial charge in [0.15, 0.2) is 0 Å². The second-order valence-corrected chi connectivity index (χ2v) is 6.88. The maximum atomic E-state index is 13.3. The van der Waals surface area contributed by atoms with Gasteiger partial charge in [-0.15, -0.1) is 0 Å². The third kappa shape index (κ3) is 10.0. The van der Waals surface area contributed by atoms with Gasteiger partial charge in [-0.3, -0.25) is 9.69 Å². The van der Waals surface area contributed by atoms with Crippen molar-refractivity contribution in [3.8, 4) is 5.75 Å². The molecular formula is C24H30FNO5. The number of ether oxygens (including phenoxy) is 2. The number of halogens is 1. The van der Waals surface area contributed by atoms with Gasteiger partial charge in [-0.25, -0.2) is 4.39 Å². The molecule has 0 aliphatic heterocycles. The Balaban J connectivity index is 0.00000151. The summed E-state index contributed by atoms with van der Waals surface area (Å²) in [5.41, 5.74) is 2.26. The molecule has 0 aliphatic rings. The molecule has 2 aromatic carbocycles. The van der Waals surface area contributed by atoms with Crippen molar-refractivity contribution in [3.63, 3.8) is 0 Å². The molecule has 0 saturated heterocycles. The molecule has 6 nitrogen and oxygen atoms in total. The zero-order chi connectivity index (χ0) is 23.1. The highest BCUT2D eigenvalue weighted by atomic mass is 19.1. The van der Waals surface area contributed by atoms with Gasteiger partial charge in [-0.05, 0) is 54.7 Å². The van der Waals surface area contributed by atoms with Crippen molar-refractivity contribution < 1.29 is 28.2 Å². The van der Waals surface area contributed by atoms with Gasteiger partial charge in [0.1, 0.15) is 11.6 Å². The zero-order valence-corrected chi connectivity index (χ0v) is 18.3. The molecule has 0 spiro atoms. The van der Waals surface area contributed by atoms with E-state index < -0.39 is 0 Å². The number of methoxy groups -OCH3 is 1. The molecule has 0 bridgehead atoms. The van der Waals surface area contributed by atoms with Crippen LogP contribution in [0.1, 0.15) is 43.7 Å². The smallest absolute Gasteiger partial charge is 0.373 e. The van der Waals surface area contributed by atoms with Crippen LogP contribution in [-0.2, 0) is 25.7 Å². The van der Waals surface area contributed by atoms with Crippen molar-refractivity contribution in [1.29, 1.82) is 0 Å². The summed E-state index contributed by atoms with van der Waals surface area (Å²) < 4.78 is 23.6. The Morgan fingerprint density at radius 2 is 1.68 bits per heavy atom. The van der Waals surface area contributed by atoms with E-state index in [1.165, 1.54) is 12.1 Å². The highest BCUT2D eigenvalue weighted by Gasteiger charge is 2.17. The lowest BCUT2D eigenvalue weighted by Gasteiger charge is -2.27. The van der Waals surface area contributed by atoms with Crippen LogP contribution >= 0.6 is 0 Å². The Hall–Kier alpha value is -3.02. The van der Waals surface area contributed by atoms with E-state index in [0.29, 0.717) is 19.6 Å². The van der Waals surface area contributed by atoms with Crippen molar-refractivity contribution in [3.05, 3.63) is 65.5 Å². The number of benzene rings is 2. The predicted octanol–water partition coefficient (Wildman–Crippen LogP) is 4.20. The Kier molecular flexibility index (Phi) is 12.5. The first-order valence-electron chi connectivity index (χ1n) is 10.2. The highest BCUT2D eigenvalue weighted by Crippen LogP contribution is 2.23. The summed E-state index contributed by atoms with van der Waals surface area (Å²) in [7, 11) is 1.65. The minimum Gasteiger partial charge on any atom is -0.497 e. The van der Waals surface area contributed by atoms with Crippen LogP contribution in [0.4, 0.5) is 4.39 Å². The average molecular weight is 432 g/mol. The number of carbonyl (C=O) groups excluding carboxylic acids is 3. The molecule has 168 valence electrons. The summed E-state index contributed by atoms with van der Waals surface area (Å²) in [6.07, 6.45) is 1.54. The molecule has 0 saturated carbocycles. The fourth-order valence-electron chi connectivity index (χ4n) is 3.22. The summed E-state index contributed by atoms with van der Waals surface area (Å²) >= 11 is 0. The molecule has 0 heterocycles. The Morgan fingerprint density at radius 3 is 2.19 bits per heavy atom. The number of esters is 1. The first-order valence-corrected chi connectivity index (χ1v) is 10.2. The van der Waals surface area contributed by atoms with E-state index in [9.17, 15) is 9.18 Å². The summed E-state index contributed by atoms with van der Waals surface area (Å²) in [4.78, 5) is 30.3. The largest absolute Gasteiger partial charge is 0.497 e. The molecular weight excluding hydrogens is 401 g/mol. The molecule has 0 fully saturated rings. The minimum atomic E-state index is -0.226. The lowest BCUT2D eigenvalue weighted by atomic mass is 9.95. The van der Waals surface area contributed by atoms with E-state index in [1.807, 2.05) is 43.3 Å². The molecule has 31 heavy (non-hydrogen) atoms. The molecule has 0 aliphatic carbocycles. The predicted molar refractivity (Wildman–Crippen MR) is 114 cm³/mol. The van der Waals surface area contributed by atoms with Gasteiger partial charge in [-0.1, -0.05) is 31.2 Å². The van der Waals surface area contributed by atoms with Crippen molar-refractivity contribution in [2.75, 3.05) is 26.8 Å². The lowest BCUT2D eigenvalue weighted by molar-refractivity contribution is -0.191. The topological polar surface area (TPSA) is 72.9 Å². The normalized spacial score (nSPS) is 11.1. The van der Waals surface area contributed by atoms with E-state index >= 15 is 0 Å². The van der Waals surface area contributed by atoms with Crippen molar-refractivity contribution in [2.45, 2.75) is 39.2 Å². The van der Waals surface area contributed by atoms with Crippen LogP contribution in [0.2, 0.25) is 0 Å². The molecule has 0 amide bonds. The van der Waals surface area contributed by atoms with E-state index in [-0.39, 0.29) is 23.9 Å². The SMILES string of the molecule is CCOC(=O)CCN(Cc1ccc(OC)cc1)CC(CC)c1ccc(F)cc1.O=C=O. The summed E-state index contributed by atoms with van der Waals surface area (Å²) in [5.74, 6) is 0.675. The molecule has 0 N–H and O–H groups in total. The summed E-state index contributed by atoms with van der Waals surface area (Å²) in [5, 5.41) is 0. The van der Waals surface area contributed by atoms with E-state index in [4.69, 9.17) is 19.1 Å². The second kappa shape index (κ2) is 14.9. The van der Waals surface area contributed by atoms with Gasteiger partial charge >= 0.3 is 12.1 Å². The lowest BCUT2D eigenvalue weighted by Crippen LogP contribution is -2.31. The van der Waals surface area contributed by atoms with Crippen molar-refractivity contribution in [1.82, 2.24) is 4.90 Å². The van der Waals surface area contributed by atoms with Crippen LogP contribution in [0.25, 0.3) is 0 Å². The number of rotatable bonds is 11. The Labute approximate surface area is 183 Å². The fourth-order valence-corrected chi connectivity index (χ4v) is 3.22. The van der Waals surface area contributed by atoms with Crippen LogP contribution in [0.3, 0.4) is 0 Å². The number of nitrogens with zero attached hydrogens (tertiary/aromatic N) is 1. The Morgan fingerprint density at radius 1 is 1.06 bits per heavy atom. The maximum absolute atomic E-state index is 13.3. The second-order valence-electron chi connectivity index (χ2n) is 6.88. The molecule has 1 unspecified atom stereocenters. The summed E-state index contributed by atoms with van der Waals surface area (Å²) in [6.45, 7) is 6.46. The van der Waals surface area contributed by atoms with Crippen LogP contribution < -0.4 is 4.74 Å². The molecule has 2 rings (SSSR count). The number of hydrogen-bond donors (Lipinski definition) is 0. The monoisotopic (exact) mass is 431 g/mol. The molecule has 0 aromatic heterocycles. The van der Waals surface area contributed by atoms with Gasteiger partial charge < -0.3 is 9.47 Å². The fraction of sp³-hybridized carbons (Fsp3) is 0.417. The maximum Gasteiger partial charge on any atom is 0.373 e. The van der Waals surface area contributed by atoms with Crippen LogP contribution in [0.15, 0.2) is 48.5 Å². The zero-order valence-electron chi connectivity index (χ0n) is 18.3. The first-order chi connectivity index (χ1) is 15.0. The summed E-state index contributed by atoms with van der Waals surface area (Å²) in [6, 6.07) is 14.7. The standard InChI is InChI=1S/C23H30FNO3.CO2/c1-4-19(20-8-10-21(24)11-9-20)17-25(15-14-23(26)28-5-2)16-18-6-12-22(27-3)13-7-18;2-1-3/h6-13,19H,4-5,14-17H2,1-3H3;. The quantitative estimate of drug-likeness (QED) is 0.497. The third-order valence-electron chi connectivity index (χ3n) is 4.82. The Bertz CT molecular complexity index is 802. The van der Waals surface area contributed by atoms with Crippen molar-refractivity contribution >= 4 is 12.1 Å². The minimum absolute atomic E-state index is 0.183. The van der Waals surface area contributed by atoms with E-state index in [2.05, 4.69) is 11.8 Å². The van der Waals surface area contributed by atoms with Crippen LogP contribution in [0.5, 0.6) is 5.75 Å². The van der Waals surface area contributed by atoms with E-state index in [1.54, 1.807) is 7.11 Å². The number of hydrogen-bond acceptors (Lipinski definition) is 6. The number of carbonyl (C=O) groups is 1. The van der Waals surface area contributed by atoms with Gasteiger partial charge in [0.2, 0.25) is 0 Å². The average Bonchev–Trinajstić information content (AvgIpc) is 2.77. The van der Waals surface area contributed by atoms with Crippen LogP contribution in [0, 0.1) is 5.82 Å². The molecule has 7 heteroatoms. The molecule has 2 aromatic rings. The first kappa shape index (κ1) is 26.0. The highest BCUT2D eigenvalue weighted by molar-refractivity contribution is 5.69. The van der Waals surface area contributed by atoms with Crippen LogP contribution in [-0.4, -0.2) is 43.8 Å².